The second-order valence-corrected chi connectivity index (χ2v) is 5.64. The molecule has 3 aromatic rings. The summed E-state index contributed by atoms with van der Waals surface area (Å²) in [5.41, 5.74) is -0.305. The molecule has 0 fully saturated rings. The van der Waals surface area contributed by atoms with Crippen molar-refractivity contribution in [2.45, 2.75) is 0 Å². The Kier molecular flexibility index (Phi) is 5.59. The normalized spacial score (nSPS) is 10.2. The number of carbonyl (C=O) groups is 2. The van der Waals surface area contributed by atoms with E-state index in [1.807, 2.05) is 0 Å². The van der Waals surface area contributed by atoms with E-state index in [1.54, 1.807) is 24.3 Å². The number of anilines is 2. The van der Waals surface area contributed by atoms with Crippen molar-refractivity contribution >= 4 is 23.2 Å². The predicted molar refractivity (Wildman–Crippen MR) is 99.5 cm³/mol. The molecule has 0 atom stereocenters. The van der Waals surface area contributed by atoms with E-state index >= 15 is 0 Å². The number of para-hydroxylation sites is 1. The lowest BCUT2D eigenvalue weighted by molar-refractivity contribution is 0.101. The Morgan fingerprint density at radius 1 is 0.857 bits per heavy atom. The van der Waals surface area contributed by atoms with Crippen LogP contribution in [0.1, 0.15) is 21.0 Å². The average molecular weight is 383 g/mol. The second-order valence-electron chi connectivity index (χ2n) is 5.64. The van der Waals surface area contributed by atoms with Crippen LogP contribution in [0.3, 0.4) is 0 Å². The molecule has 0 bridgehead atoms. The maximum Gasteiger partial charge on any atom is 0.274 e. The fraction of sp³-hybridized carbons (Fsp3) is 0.0500. The highest BCUT2D eigenvalue weighted by Crippen LogP contribution is 2.19. The summed E-state index contributed by atoms with van der Waals surface area (Å²) >= 11 is 0. The van der Waals surface area contributed by atoms with Crippen molar-refractivity contribution in [2.75, 3.05) is 17.7 Å². The van der Waals surface area contributed by atoms with E-state index in [0.717, 1.165) is 12.1 Å². The van der Waals surface area contributed by atoms with E-state index in [9.17, 15) is 18.4 Å². The van der Waals surface area contributed by atoms with Gasteiger partial charge in [0.15, 0.2) is 0 Å². The smallest absolute Gasteiger partial charge is 0.274 e. The summed E-state index contributed by atoms with van der Waals surface area (Å²) in [5, 5.41) is 4.76. The van der Waals surface area contributed by atoms with Crippen LogP contribution in [0.25, 0.3) is 0 Å². The minimum atomic E-state index is -0.916. The first-order valence-electron chi connectivity index (χ1n) is 8.16. The molecule has 1 heterocycles. The van der Waals surface area contributed by atoms with Gasteiger partial charge in [-0.1, -0.05) is 18.2 Å². The van der Waals surface area contributed by atoms with Crippen molar-refractivity contribution in [1.29, 1.82) is 0 Å². The number of rotatable bonds is 5. The number of nitrogens with zero attached hydrogens (tertiary/aromatic N) is 1. The number of hydrogen-bond donors (Lipinski definition) is 2. The summed E-state index contributed by atoms with van der Waals surface area (Å²) in [5.74, 6) is -2.67. The van der Waals surface area contributed by atoms with Gasteiger partial charge in [0.2, 0.25) is 0 Å². The maximum absolute atomic E-state index is 13.7. The molecule has 1 aromatic heterocycles. The number of aromatic nitrogens is 1. The van der Waals surface area contributed by atoms with Gasteiger partial charge in [0, 0.05) is 11.8 Å². The van der Waals surface area contributed by atoms with Crippen LogP contribution >= 0.6 is 0 Å². The number of methoxy groups -OCH3 is 1. The summed E-state index contributed by atoms with van der Waals surface area (Å²) in [6.07, 6.45) is 0. The highest BCUT2D eigenvalue weighted by Gasteiger charge is 2.16. The molecular formula is C20H15F2N3O3. The van der Waals surface area contributed by atoms with Crippen LogP contribution in [0.2, 0.25) is 0 Å². The number of nitrogens with one attached hydrogen (secondary N) is 2. The quantitative estimate of drug-likeness (QED) is 0.701. The fourth-order valence-electron chi connectivity index (χ4n) is 2.38. The molecule has 142 valence electrons. The SMILES string of the molecule is COc1cccc(NC(=O)c2cccc(C(=O)Nc3c(F)cccc3F)n2)c1. The molecule has 0 unspecified atom stereocenters. The van der Waals surface area contributed by atoms with E-state index in [2.05, 4.69) is 15.6 Å². The Bertz CT molecular complexity index is 1020. The van der Waals surface area contributed by atoms with Gasteiger partial charge in [0.05, 0.1) is 7.11 Å². The van der Waals surface area contributed by atoms with Crippen molar-refractivity contribution in [3.8, 4) is 5.75 Å². The molecular weight excluding hydrogens is 368 g/mol. The third kappa shape index (κ3) is 4.29. The molecule has 0 aliphatic rings. The Labute approximate surface area is 159 Å². The molecule has 0 saturated heterocycles. The Morgan fingerprint density at radius 3 is 2.07 bits per heavy atom. The maximum atomic E-state index is 13.7. The number of amides is 2. The molecule has 2 N–H and O–H groups in total. The highest BCUT2D eigenvalue weighted by molar-refractivity contribution is 6.06. The lowest BCUT2D eigenvalue weighted by Gasteiger charge is -2.09. The zero-order valence-electron chi connectivity index (χ0n) is 14.7. The Morgan fingerprint density at radius 2 is 1.43 bits per heavy atom. The van der Waals surface area contributed by atoms with Crippen LogP contribution in [-0.4, -0.2) is 23.9 Å². The summed E-state index contributed by atoms with van der Waals surface area (Å²) in [6.45, 7) is 0. The first kappa shape index (κ1) is 19.0. The fourth-order valence-corrected chi connectivity index (χ4v) is 2.38. The van der Waals surface area contributed by atoms with Gasteiger partial charge in [-0.2, -0.15) is 0 Å². The largest absolute Gasteiger partial charge is 0.497 e. The molecule has 0 spiro atoms. The standard InChI is InChI=1S/C20H15F2N3O3/c1-28-13-6-2-5-12(11-13)23-19(26)16-9-4-10-17(24-16)20(27)25-18-14(21)7-3-8-15(18)22/h2-11H,1H3,(H,23,26)(H,25,27). The lowest BCUT2D eigenvalue weighted by Crippen LogP contribution is -2.19. The van der Waals surface area contributed by atoms with Crippen LogP contribution < -0.4 is 15.4 Å². The Balaban J connectivity index is 1.77. The van der Waals surface area contributed by atoms with Crippen LogP contribution in [0.4, 0.5) is 20.2 Å². The predicted octanol–water partition coefficient (Wildman–Crippen LogP) is 3.87. The number of benzene rings is 2. The zero-order valence-corrected chi connectivity index (χ0v) is 14.7. The molecule has 0 aliphatic heterocycles. The van der Waals surface area contributed by atoms with E-state index in [0.29, 0.717) is 11.4 Å². The van der Waals surface area contributed by atoms with Gasteiger partial charge >= 0.3 is 0 Å². The summed E-state index contributed by atoms with van der Waals surface area (Å²) in [4.78, 5) is 28.6. The monoisotopic (exact) mass is 383 g/mol. The number of hydrogen-bond acceptors (Lipinski definition) is 4. The summed E-state index contributed by atoms with van der Waals surface area (Å²) < 4.78 is 32.5. The van der Waals surface area contributed by atoms with E-state index in [1.165, 1.54) is 31.4 Å². The van der Waals surface area contributed by atoms with Gasteiger partial charge < -0.3 is 15.4 Å². The number of ether oxygens (including phenoxy) is 1. The van der Waals surface area contributed by atoms with Gasteiger partial charge in [0.25, 0.3) is 11.8 Å². The second kappa shape index (κ2) is 8.26. The van der Waals surface area contributed by atoms with E-state index in [4.69, 9.17) is 4.74 Å². The minimum Gasteiger partial charge on any atom is -0.497 e. The number of halogens is 2. The first-order chi connectivity index (χ1) is 13.5. The molecule has 28 heavy (non-hydrogen) atoms. The summed E-state index contributed by atoms with van der Waals surface area (Å²) in [6, 6.07) is 14.1. The van der Waals surface area contributed by atoms with Crippen molar-refractivity contribution < 1.29 is 23.1 Å². The van der Waals surface area contributed by atoms with Crippen LogP contribution in [-0.2, 0) is 0 Å². The number of pyridine rings is 1. The van der Waals surface area contributed by atoms with Crippen LogP contribution in [0.15, 0.2) is 60.7 Å². The molecule has 0 saturated carbocycles. The van der Waals surface area contributed by atoms with E-state index < -0.39 is 29.1 Å². The molecule has 8 heteroatoms. The van der Waals surface area contributed by atoms with Gasteiger partial charge in [-0.25, -0.2) is 13.8 Å². The molecule has 0 radical (unpaired) electrons. The Hall–Kier alpha value is -3.81. The van der Waals surface area contributed by atoms with Crippen LogP contribution in [0.5, 0.6) is 5.75 Å². The minimum absolute atomic E-state index is 0.0375. The van der Waals surface area contributed by atoms with E-state index in [-0.39, 0.29) is 11.4 Å². The molecule has 3 rings (SSSR count). The van der Waals surface area contributed by atoms with Crippen LogP contribution in [0, 0.1) is 11.6 Å². The average Bonchev–Trinajstić information content (AvgIpc) is 2.71. The van der Waals surface area contributed by atoms with Crippen molar-refractivity contribution in [2.24, 2.45) is 0 Å². The van der Waals surface area contributed by atoms with Crippen molar-refractivity contribution in [3.63, 3.8) is 0 Å². The lowest BCUT2D eigenvalue weighted by atomic mass is 10.2. The third-order valence-corrected chi connectivity index (χ3v) is 3.74. The van der Waals surface area contributed by atoms with Gasteiger partial charge in [-0.15, -0.1) is 0 Å². The molecule has 0 aliphatic carbocycles. The van der Waals surface area contributed by atoms with Gasteiger partial charge in [-0.05, 0) is 36.4 Å². The van der Waals surface area contributed by atoms with Crippen molar-refractivity contribution in [1.82, 2.24) is 4.98 Å². The topological polar surface area (TPSA) is 80.3 Å². The number of carbonyl (C=O) groups excluding carboxylic acids is 2. The van der Waals surface area contributed by atoms with Crippen molar-refractivity contribution in [3.05, 3.63) is 83.7 Å². The molecule has 2 aromatic carbocycles. The third-order valence-electron chi connectivity index (χ3n) is 3.74. The first-order valence-corrected chi connectivity index (χ1v) is 8.16. The zero-order chi connectivity index (χ0) is 20.1. The van der Waals surface area contributed by atoms with Gasteiger partial charge in [-0.3, -0.25) is 9.59 Å². The summed E-state index contributed by atoms with van der Waals surface area (Å²) in [7, 11) is 1.50. The molecule has 6 nitrogen and oxygen atoms in total. The van der Waals surface area contributed by atoms with Gasteiger partial charge in [0.1, 0.15) is 34.5 Å². The highest BCUT2D eigenvalue weighted by atomic mass is 19.1. The molecule has 2 amide bonds.